The molecule has 0 unspecified atom stereocenters. The van der Waals surface area contributed by atoms with Crippen molar-refractivity contribution in [2.75, 3.05) is 11.1 Å². The first kappa shape index (κ1) is 18.3. The molecule has 9 heteroatoms. The molecule has 2 heterocycles. The Kier molecular flexibility index (Phi) is 6.49. The summed E-state index contributed by atoms with van der Waals surface area (Å²) in [5, 5.41) is 15.3. The number of amides is 1. The lowest BCUT2D eigenvalue weighted by Crippen LogP contribution is -2.23. The number of aryl methyl sites for hydroxylation is 2. The van der Waals surface area contributed by atoms with Crippen molar-refractivity contribution in [3.05, 3.63) is 11.4 Å². The van der Waals surface area contributed by atoms with Crippen LogP contribution in [0.25, 0.3) is 0 Å². The molecule has 23 heavy (non-hydrogen) atoms. The Bertz CT molecular complexity index is 682. The van der Waals surface area contributed by atoms with Crippen LogP contribution in [0.4, 0.5) is 5.69 Å². The summed E-state index contributed by atoms with van der Waals surface area (Å²) in [5.41, 5.74) is 2.56. The third-order valence-corrected chi connectivity index (χ3v) is 6.67. The van der Waals surface area contributed by atoms with E-state index in [-0.39, 0.29) is 11.2 Å². The van der Waals surface area contributed by atoms with Gasteiger partial charge in [-0.1, -0.05) is 41.8 Å². The summed E-state index contributed by atoms with van der Waals surface area (Å²) < 4.78 is 3.55. The smallest absolute Gasteiger partial charge is 0.237 e. The highest BCUT2D eigenvalue weighted by molar-refractivity contribution is 8.03. The number of anilines is 1. The van der Waals surface area contributed by atoms with Gasteiger partial charge in [-0.05, 0) is 27.2 Å². The largest absolute Gasteiger partial charge is 0.322 e. The van der Waals surface area contributed by atoms with Crippen molar-refractivity contribution in [3.63, 3.8) is 0 Å². The van der Waals surface area contributed by atoms with E-state index in [9.17, 15) is 4.79 Å². The second-order valence-electron chi connectivity index (χ2n) is 5.10. The van der Waals surface area contributed by atoms with Gasteiger partial charge in [0.2, 0.25) is 5.91 Å². The lowest BCUT2D eigenvalue weighted by Gasteiger charge is -2.10. The van der Waals surface area contributed by atoms with Crippen molar-refractivity contribution < 1.29 is 4.79 Å². The number of nitrogens with one attached hydrogen (secondary N) is 1. The molecule has 2 rings (SSSR count). The van der Waals surface area contributed by atoms with E-state index >= 15 is 0 Å². The van der Waals surface area contributed by atoms with Gasteiger partial charge in [0.15, 0.2) is 8.68 Å². The monoisotopic (exact) mass is 371 g/mol. The zero-order valence-corrected chi connectivity index (χ0v) is 16.4. The van der Waals surface area contributed by atoms with E-state index in [0.717, 1.165) is 37.9 Å². The molecule has 0 spiro atoms. The minimum absolute atomic E-state index is 0.0489. The van der Waals surface area contributed by atoms with Crippen molar-refractivity contribution in [1.29, 1.82) is 0 Å². The van der Waals surface area contributed by atoms with Crippen LogP contribution in [0.2, 0.25) is 0 Å². The average Bonchev–Trinajstić information content (AvgIpc) is 3.05. The van der Waals surface area contributed by atoms with Crippen LogP contribution < -0.4 is 5.32 Å². The Morgan fingerprint density at radius 2 is 2.04 bits per heavy atom. The molecule has 0 aliphatic carbocycles. The standard InChI is InChI=1S/C14H21N5OS3/c1-6-7-21-13-16-17-14(23-13)22-10(4)12(20)15-11-8(2)18-19(5)9(11)3/h10H,6-7H2,1-5H3,(H,15,20)/t10-/m0/s1. The van der Waals surface area contributed by atoms with E-state index < -0.39 is 0 Å². The number of carbonyl (C=O) groups excluding carboxylic acids is 1. The Hall–Kier alpha value is -1.06. The number of nitrogens with zero attached hydrogens (tertiary/aromatic N) is 4. The maximum Gasteiger partial charge on any atom is 0.237 e. The molecule has 2 aromatic rings. The fourth-order valence-corrected chi connectivity index (χ4v) is 4.97. The first-order chi connectivity index (χ1) is 10.9. The van der Waals surface area contributed by atoms with Crippen LogP contribution in [0.15, 0.2) is 8.68 Å². The molecular formula is C14H21N5OS3. The topological polar surface area (TPSA) is 72.7 Å². The number of rotatable bonds is 7. The van der Waals surface area contributed by atoms with Gasteiger partial charge in [-0.2, -0.15) is 5.10 Å². The van der Waals surface area contributed by atoms with Crippen LogP contribution in [-0.4, -0.2) is 36.9 Å². The number of thioether (sulfide) groups is 2. The molecule has 1 atom stereocenters. The highest BCUT2D eigenvalue weighted by Gasteiger charge is 2.20. The predicted octanol–water partition coefficient (Wildman–Crippen LogP) is 3.51. The van der Waals surface area contributed by atoms with E-state index in [4.69, 9.17) is 0 Å². The van der Waals surface area contributed by atoms with E-state index in [1.807, 2.05) is 27.8 Å². The number of carbonyl (C=O) groups is 1. The quantitative estimate of drug-likeness (QED) is 0.751. The third kappa shape index (κ3) is 4.71. The average molecular weight is 372 g/mol. The second-order valence-corrected chi connectivity index (χ2v) is 9.01. The fraction of sp³-hybridized carbons (Fsp3) is 0.571. The number of hydrogen-bond acceptors (Lipinski definition) is 7. The molecule has 0 saturated carbocycles. The molecule has 6 nitrogen and oxygen atoms in total. The summed E-state index contributed by atoms with van der Waals surface area (Å²) in [6, 6.07) is 0. The van der Waals surface area contributed by atoms with Gasteiger partial charge in [0.25, 0.3) is 0 Å². The predicted molar refractivity (Wildman–Crippen MR) is 97.6 cm³/mol. The van der Waals surface area contributed by atoms with Crippen LogP contribution in [0.1, 0.15) is 31.7 Å². The van der Waals surface area contributed by atoms with Crippen LogP contribution in [-0.2, 0) is 11.8 Å². The van der Waals surface area contributed by atoms with Gasteiger partial charge in [-0.25, -0.2) is 0 Å². The SMILES string of the molecule is CCCSc1nnc(S[C@@H](C)C(=O)Nc2c(C)nn(C)c2C)s1. The zero-order chi connectivity index (χ0) is 17.0. The molecule has 0 saturated heterocycles. The molecule has 0 radical (unpaired) electrons. The molecule has 0 fully saturated rings. The Balaban J connectivity index is 1.96. The van der Waals surface area contributed by atoms with Gasteiger partial charge >= 0.3 is 0 Å². The number of hydrogen-bond donors (Lipinski definition) is 1. The molecule has 0 aliphatic rings. The van der Waals surface area contributed by atoms with E-state index in [0.29, 0.717) is 0 Å². The first-order valence-corrected chi connectivity index (χ1v) is 10.0. The molecule has 126 valence electrons. The van der Waals surface area contributed by atoms with Gasteiger partial charge in [0.1, 0.15) is 0 Å². The lowest BCUT2D eigenvalue weighted by atomic mass is 10.3. The van der Waals surface area contributed by atoms with Gasteiger partial charge < -0.3 is 5.32 Å². The molecular weight excluding hydrogens is 350 g/mol. The van der Waals surface area contributed by atoms with Crippen molar-refractivity contribution in [3.8, 4) is 0 Å². The highest BCUT2D eigenvalue weighted by Crippen LogP contribution is 2.32. The molecule has 1 amide bonds. The fourth-order valence-electron chi connectivity index (χ4n) is 1.88. The minimum Gasteiger partial charge on any atom is -0.322 e. The summed E-state index contributed by atoms with van der Waals surface area (Å²) in [6.07, 6.45) is 1.11. The number of aromatic nitrogens is 4. The van der Waals surface area contributed by atoms with Crippen LogP contribution in [0, 0.1) is 13.8 Å². The van der Waals surface area contributed by atoms with E-state index in [2.05, 4.69) is 27.5 Å². The summed E-state index contributed by atoms with van der Waals surface area (Å²) in [7, 11) is 1.87. The molecule has 2 aromatic heterocycles. The maximum atomic E-state index is 12.4. The molecule has 0 aliphatic heterocycles. The maximum absolute atomic E-state index is 12.4. The highest BCUT2D eigenvalue weighted by atomic mass is 32.2. The van der Waals surface area contributed by atoms with Crippen molar-refractivity contribution >= 4 is 46.5 Å². The van der Waals surface area contributed by atoms with Gasteiger partial charge in [-0.3, -0.25) is 9.48 Å². The molecule has 0 bridgehead atoms. The third-order valence-electron chi connectivity index (χ3n) is 3.22. The van der Waals surface area contributed by atoms with Crippen LogP contribution in [0.5, 0.6) is 0 Å². The van der Waals surface area contributed by atoms with Gasteiger partial charge in [0, 0.05) is 12.8 Å². The summed E-state index contributed by atoms with van der Waals surface area (Å²) in [5.74, 6) is 0.988. The Morgan fingerprint density at radius 1 is 1.35 bits per heavy atom. The molecule has 0 aromatic carbocycles. The van der Waals surface area contributed by atoms with E-state index in [1.54, 1.807) is 27.8 Å². The summed E-state index contributed by atoms with van der Waals surface area (Å²) in [6.45, 7) is 7.84. The minimum atomic E-state index is -0.244. The Morgan fingerprint density at radius 3 is 2.65 bits per heavy atom. The molecule has 1 N–H and O–H groups in total. The Labute approximate surface area is 148 Å². The summed E-state index contributed by atoms with van der Waals surface area (Å²) >= 11 is 4.68. The van der Waals surface area contributed by atoms with Crippen LogP contribution >= 0.6 is 34.9 Å². The van der Waals surface area contributed by atoms with Gasteiger partial charge in [0.05, 0.1) is 22.3 Å². The lowest BCUT2D eigenvalue weighted by molar-refractivity contribution is -0.115. The normalized spacial score (nSPS) is 12.4. The van der Waals surface area contributed by atoms with Crippen molar-refractivity contribution in [2.45, 2.75) is 48.0 Å². The van der Waals surface area contributed by atoms with Crippen molar-refractivity contribution in [1.82, 2.24) is 20.0 Å². The van der Waals surface area contributed by atoms with Crippen LogP contribution in [0.3, 0.4) is 0 Å². The second kappa shape index (κ2) is 8.16. The summed E-state index contributed by atoms with van der Waals surface area (Å²) in [4.78, 5) is 12.4. The van der Waals surface area contributed by atoms with E-state index in [1.165, 1.54) is 11.8 Å². The van der Waals surface area contributed by atoms with Crippen molar-refractivity contribution in [2.24, 2.45) is 7.05 Å². The van der Waals surface area contributed by atoms with Gasteiger partial charge in [-0.15, -0.1) is 10.2 Å². The first-order valence-electron chi connectivity index (χ1n) is 7.36. The zero-order valence-electron chi connectivity index (χ0n) is 13.9.